The quantitative estimate of drug-likeness (QED) is 0.510. The van der Waals surface area contributed by atoms with Gasteiger partial charge in [0.15, 0.2) is 0 Å². The van der Waals surface area contributed by atoms with Crippen LogP contribution in [-0.4, -0.2) is 6.61 Å². The van der Waals surface area contributed by atoms with Gasteiger partial charge in [-0.25, -0.2) is 0 Å². The van der Waals surface area contributed by atoms with E-state index in [2.05, 4.69) is 13.8 Å². The summed E-state index contributed by atoms with van der Waals surface area (Å²) in [7, 11) is 0. The van der Waals surface area contributed by atoms with Crippen molar-refractivity contribution < 1.29 is 4.74 Å². The highest BCUT2D eigenvalue weighted by atomic mass is 35.5. The highest BCUT2D eigenvalue weighted by molar-refractivity contribution is 6.25. The van der Waals surface area contributed by atoms with Crippen LogP contribution in [0.1, 0.15) is 20.3 Å². The van der Waals surface area contributed by atoms with Crippen molar-refractivity contribution in [3.05, 3.63) is 11.3 Å². The minimum atomic E-state index is 0.168. The third-order valence-corrected chi connectivity index (χ3v) is 1.95. The minimum absolute atomic E-state index is 0.168. The van der Waals surface area contributed by atoms with Gasteiger partial charge in [-0.15, -0.1) is 0 Å². The van der Waals surface area contributed by atoms with Gasteiger partial charge in [0.1, 0.15) is 5.76 Å². The van der Waals surface area contributed by atoms with Crippen LogP contribution < -0.4 is 0 Å². The van der Waals surface area contributed by atoms with Crippen LogP contribution in [0.2, 0.25) is 0 Å². The molecule has 1 fully saturated rings. The Hall–Kier alpha value is -0.170. The summed E-state index contributed by atoms with van der Waals surface area (Å²) in [5, 5.41) is 0. The first-order valence-corrected chi connectivity index (χ1v) is 3.54. The normalized spacial score (nSPS) is 28.6. The van der Waals surface area contributed by atoms with E-state index in [-0.39, 0.29) is 5.41 Å². The average molecular weight is 147 g/mol. The zero-order valence-electron chi connectivity index (χ0n) is 5.78. The number of ether oxygens (including phenoxy) is 1. The van der Waals surface area contributed by atoms with Gasteiger partial charge in [0.2, 0.25) is 0 Å². The van der Waals surface area contributed by atoms with E-state index in [0.717, 1.165) is 18.8 Å². The van der Waals surface area contributed by atoms with Crippen LogP contribution in [0.4, 0.5) is 0 Å². The van der Waals surface area contributed by atoms with E-state index < -0.39 is 0 Å². The van der Waals surface area contributed by atoms with Crippen LogP contribution in [0.5, 0.6) is 0 Å². The van der Waals surface area contributed by atoms with Gasteiger partial charge in [-0.05, 0) is 6.42 Å². The van der Waals surface area contributed by atoms with E-state index in [1.807, 2.05) is 0 Å². The highest BCUT2D eigenvalue weighted by Gasteiger charge is 2.30. The van der Waals surface area contributed by atoms with E-state index in [4.69, 9.17) is 16.3 Å². The topological polar surface area (TPSA) is 9.23 Å². The summed E-state index contributed by atoms with van der Waals surface area (Å²) < 4.78 is 5.25. The SMILES string of the molecule is CC1(C)CCO/C1=C\Cl. The van der Waals surface area contributed by atoms with Gasteiger partial charge in [-0.3, -0.25) is 0 Å². The summed E-state index contributed by atoms with van der Waals surface area (Å²) in [5.41, 5.74) is 1.70. The molecule has 0 bridgehead atoms. The van der Waals surface area contributed by atoms with Gasteiger partial charge in [0.05, 0.1) is 6.61 Å². The van der Waals surface area contributed by atoms with Crippen molar-refractivity contribution in [3.63, 3.8) is 0 Å². The molecule has 1 aliphatic rings. The molecule has 2 heteroatoms. The summed E-state index contributed by atoms with van der Waals surface area (Å²) in [6, 6.07) is 0. The second-order valence-corrected chi connectivity index (χ2v) is 3.17. The lowest BCUT2D eigenvalue weighted by atomic mass is 9.90. The van der Waals surface area contributed by atoms with Crippen LogP contribution in [0.3, 0.4) is 0 Å². The zero-order valence-corrected chi connectivity index (χ0v) is 6.53. The number of hydrogen-bond acceptors (Lipinski definition) is 1. The number of rotatable bonds is 0. The standard InChI is InChI=1S/C7H11ClO/c1-7(2)3-4-9-6(7)5-8/h5H,3-4H2,1-2H3/b6-5-. The first kappa shape index (κ1) is 6.94. The maximum Gasteiger partial charge on any atom is 0.113 e. The molecule has 1 saturated heterocycles. The Labute approximate surface area is 60.7 Å². The molecule has 0 aromatic rings. The lowest BCUT2D eigenvalue weighted by molar-refractivity contribution is 0.251. The fourth-order valence-electron chi connectivity index (χ4n) is 0.914. The molecule has 0 radical (unpaired) electrons. The molecule has 0 N–H and O–H groups in total. The monoisotopic (exact) mass is 146 g/mol. The second kappa shape index (κ2) is 2.22. The Morgan fingerprint density at radius 1 is 1.67 bits per heavy atom. The lowest BCUT2D eigenvalue weighted by Crippen LogP contribution is -2.06. The number of halogens is 1. The van der Waals surface area contributed by atoms with Gasteiger partial charge >= 0.3 is 0 Å². The summed E-state index contributed by atoms with van der Waals surface area (Å²) >= 11 is 5.51. The van der Waals surface area contributed by atoms with Crippen molar-refractivity contribution in [2.45, 2.75) is 20.3 Å². The Bertz CT molecular complexity index is 138. The highest BCUT2D eigenvalue weighted by Crippen LogP contribution is 2.37. The molecule has 0 aromatic carbocycles. The molecule has 52 valence electrons. The van der Waals surface area contributed by atoms with Crippen molar-refractivity contribution in [3.8, 4) is 0 Å². The molecule has 0 atom stereocenters. The minimum Gasteiger partial charge on any atom is -0.496 e. The van der Waals surface area contributed by atoms with Gasteiger partial charge in [-0.1, -0.05) is 25.4 Å². The van der Waals surface area contributed by atoms with E-state index in [0.29, 0.717) is 0 Å². The van der Waals surface area contributed by atoms with E-state index in [9.17, 15) is 0 Å². The van der Waals surface area contributed by atoms with Gasteiger partial charge < -0.3 is 4.74 Å². The van der Waals surface area contributed by atoms with Gasteiger partial charge in [0, 0.05) is 11.0 Å². The van der Waals surface area contributed by atoms with E-state index in [1.54, 1.807) is 0 Å². The molecule has 0 aliphatic carbocycles. The predicted molar refractivity (Wildman–Crippen MR) is 38.3 cm³/mol. The first-order valence-electron chi connectivity index (χ1n) is 3.10. The molecular formula is C7H11ClO. The molecule has 0 unspecified atom stereocenters. The summed E-state index contributed by atoms with van der Waals surface area (Å²) in [6.45, 7) is 5.08. The molecule has 0 saturated carbocycles. The van der Waals surface area contributed by atoms with Gasteiger partial charge in [-0.2, -0.15) is 0 Å². The smallest absolute Gasteiger partial charge is 0.113 e. The molecule has 0 aromatic heterocycles. The zero-order chi connectivity index (χ0) is 6.91. The van der Waals surface area contributed by atoms with Crippen molar-refractivity contribution in [1.82, 2.24) is 0 Å². The number of hydrogen-bond donors (Lipinski definition) is 0. The summed E-state index contributed by atoms with van der Waals surface area (Å²) in [5.74, 6) is 0.921. The molecule has 0 amide bonds. The summed E-state index contributed by atoms with van der Waals surface area (Å²) in [6.07, 6.45) is 1.07. The summed E-state index contributed by atoms with van der Waals surface area (Å²) in [4.78, 5) is 0. The largest absolute Gasteiger partial charge is 0.496 e. The lowest BCUT2D eigenvalue weighted by Gasteiger charge is -2.14. The molecule has 1 nitrogen and oxygen atoms in total. The molecule has 1 rings (SSSR count). The number of allylic oxidation sites excluding steroid dienone is 1. The molecule has 1 heterocycles. The Kier molecular flexibility index (Phi) is 1.71. The van der Waals surface area contributed by atoms with Crippen molar-refractivity contribution in [2.75, 3.05) is 6.61 Å². The fourth-order valence-corrected chi connectivity index (χ4v) is 1.27. The van der Waals surface area contributed by atoms with E-state index in [1.165, 1.54) is 5.54 Å². The molecule has 1 aliphatic heterocycles. The van der Waals surface area contributed by atoms with Crippen LogP contribution >= 0.6 is 11.6 Å². The van der Waals surface area contributed by atoms with Crippen LogP contribution in [0.15, 0.2) is 11.3 Å². The molecule has 9 heavy (non-hydrogen) atoms. The molecular weight excluding hydrogens is 136 g/mol. The maximum absolute atomic E-state index is 5.51. The predicted octanol–water partition coefficient (Wildman–Crippen LogP) is 2.51. The fraction of sp³-hybridized carbons (Fsp3) is 0.714. The second-order valence-electron chi connectivity index (χ2n) is 2.96. The molecule has 0 spiro atoms. The Morgan fingerprint density at radius 3 is 2.56 bits per heavy atom. The third-order valence-electron chi connectivity index (χ3n) is 1.75. The third kappa shape index (κ3) is 1.21. The van der Waals surface area contributed by atoms with E-state index >= 15 is 0 Å². The van der Waals surface area contributed by atoms with Crippen molar-refractivity contribution in [1.29, 1.82) is 0 Å². The van der Waals surface area contributed by atoms with Crippen molar-refractivity contribution >= 4 is 11.6 Å². The van der Waals surface area contributed by atoms with Crippen LogP contribution in [0, 0.1) is 5.41 Å². The first-order chi connectivity index (χ1) is 4.17. The Morgan fingerprint density at radius 2 is 2.33 bits per heavy atom. The van der Waals surface area contributed by atoms with Gasteiger partial charge in [0.25, 0.3) is 0 Å². The average Bonchev–Trinajstić information content (AvgIpc) is 2.08. The van der Waals surface area contributed by atoms with Crippen LogP contribution in [-0.2, 0) is 4.74 Å². The van der Waals surface area contributed by atoms with Crippen LogP contribution in [0.25, 0.3) is 0 Å². The maximum atomic E-state index is 5.51. The van der Waals surface area contributed by atoms with Crippen molar-refractivity contribution in [2.24, 2.45) is 5.41 Å². The Balaban J connectivity index is 2.75.